The molecule has 0 unspecified atom stereocenters. The highest BCUT2D eigenvalue weighted by atomic mass is 15.3. The Morgan fingerprint density at radius 2 is 1.89 bits per heavy atom. The second-order valence-corrected chi connectivity index (χ2v) is 6.15. The number of rotatable bonds is 4. The highest BCUT2D eigenvalue weighted by Crippen LogP contribution is 2.40. The van der Waals surface area contributed by atoms with Crippen molar-refractivity contribution in [3.05, 3.63) is 47.8 Å². The molecule has 2 aliphatic rings. The van der Waals surface area contributed by atoms with Crippen LogP contribution in [0.3, 0.4) is 0 Å². The molecule has 2 aromatic rings. The van der Waals surface area contributed by atoms with Gasteiger partial charge >= 0.3 is 0 Å². The fourth-order valence-electron chi connectivity index (χ4n) is 2.72. The molecular weight excluding hydrogens is 234 g/mol. The number of nitrogens with two attached hydrogens (primary N) is 1. The third-order valence-corrected chi connectivity index (χ3v) is 4.30. The van der Waals surface area contributed by atoms with Crippen molar-refractivity contribution in [3.63, 3.8) is 0 Å². The fourth-order valence-corrected chi connectivity index (χ4v) is 2.72. The van der Waals surface area contributed by atoms with Gasteiger partial charge in [0.15, 0.2) is 0 Å². The van der Waals surface area contributed by atoms with Crippen molar-refractivity contribution in [1.82, 2.24) is 9.78 Å². The first-order valence-corrected chi connectivity index (χ1v) is 7.16. The first-order chi connectivity index (χ1) is 9.23. The lowest BCUT2D eigenvalue weighted by atomic mass is 10.0. The monoisotopic (exact) mass is 253 g/mol. The molecule has 0 radical (unpaired) electrons. The molecule has 1 aromatic carbocycles. The molecule has 2 N–H and O–H groups in total. The van der Waals surface area contributed by atoms with Crippen LogP contribution in [-0.4, -0.2) is 15.3 Å². The van der Waals surface area contributed by atoms with Crippen LogP contribution in [0.25, 0.3) is 5.69 Å². The quantitative estimate of drug-likeness (QED) is 0.910. The Bertz CT molecular complexity index is 589. The van der Waals surface area contributed by atoms with E-state index >= 15 is 0 Å². The number of aromatic nitrogens is 2. The maximum Gasteiger partial charge on any atom is 0.0649 e. The van der Waals surface area contributed by atoms with E-state index in [0.29, 0.717) is 0 Å². The van der Waals surface area contributed by atoms with Crippen LogP contribution < -0.4 is 5.73 Å². The van der Waals surface area contributed by atoms with Crippen LogP contribution in [0.4, 0.5) is 0 Å². The maximum atomic E-state index is 6.17. The van der Waals surface area contributed by atoms with Gasteiger partial charge in [-0.1, -0.05) is 12.1 Å². The van der Waals surface area contributed by atoms with Crippen LogP contribution in [0.5, 0.6) is 0 Å². The molecular formula is C16H19N3. The Balaban J connectivity index is 1.59. The van der Waals surface area contributed by atoms with E-state index in [1.807, 2.05) is 6.20 Å². The summed E-state index contributed by atoms with van der Waals surface area (Å²) in [7, 11) is 0. The van der Waals surface area contributed by atoms with Gasteiger partial charge in [0.1, 0.15) is 0 Å². The van der Waals surface area contributed by atoms with Crippen molar-refractivity contribution >= 4 is 0 Å². The minimum atomic E-state index is 0.0897. The molecule has 2 saturated carbocycles. The van der Waals surface area contributed by atoms with Gasteiger partial charge in [-0.25, -0.2) is 4.68 Å². The van der Waals surface area contributed by atoms with Crippen molar-refractivity contribution in [2.24, 2.45) is 5.73 Å². The molecule has 0 bridgehead atoms. The van der Waals surface area contributed by atoms with E-state index in [0.717, 1.165) is 18.0 Å². The van der Waals surface area contributed by atoms with Gasteiger partial charge in [-0.15, -0.1) is 0 Å². The molecule has 1 aromatic heterocycles. The van der Waals surface area contributed by atoms with Crippen LogP contribution in [0.15, 0.2) is 36.5 Å². The van der Waals surface area contributed by atoms with Gasteiger partial charge in [0.25, 0.3) is 0 Å². The second-order valence-electron chi connectivity index (χ2n) is 6.15. The van der Waals surface area contributed by atoms with Gasteiger partial charge in [0.2, 0.25) is 0 Å². The van der Waals surface area contributed by atoms with E-state index in [2.05, 4.69) is 40.1 Å². The molecule has 19 heavy (non-hydrogen) atoms. The minimum Gasteiger partial charge on any atom is -0.325 e. The fraction of sp³-hybridized carbons (Fsp3) is 0.438. The van der Waals surface area contributed by atoms with Crippen LogP contribution >= 0.6 is 0 Å². The van der Waals surface area contributed by atoms with E-state index in [4.69, 9.17) is 5.73 Å². The predicted molar refractivity (Wildman–Crippen MR) is 75.4 cm³/mol. The molecule has 2 aliphatic carbocycles. The summed E-state index contributed by atoms with van der Waals surface area (Å²) >= 11 is 0. The molecule has 3 nitrogen and oxygen atoms in total. The Kier molecular flexibility index (Phi) is 2.33. The third-order valence-electron chi connectivity index (χ3n) is 4.30. The van der Waals surface area contributed by atoms with Crippen molar-refractivity contribution < 1.29 is 0 Å². The number of nitrogens with zero attached hydrogens (tertiary/aromatic N) is 2. The summed E-state index contributed by atoms with van der Waals surface area (Å²) in [6.07, 6.45) is 7.85. The number of hydrogen-bond acceptors (Lipinski definition) is 2. The van der Waals surface area contributed by atoms with Gasteiger partial charge < -0.3 is 5.73 Å². The van der Waals surface area contributed by atoms with Crippen molar-refractivity contribution in [3.8, 4) is 5.69 Å². The van der Waals surface area contributed by atoms with Crippen molar-refractivity contribution in [2.45, 2.75) is 43.6 Å². The zero-order chi connectivity index (χ0) is 12.9. The SMILES string of the molecule is NC1(Cc2ccc(-n3nccc3C3CC3)cc2)CC1. The molecule has 2 fully saturated rings. The van der Waals surface area contributed by atoms with E-state index in [9.17, 15) is 0 Å². The number of hydrogen-bond donors (Lipinski definition) is 1. The zero-order valence-electron chi connectivity index (χ0n) is 11.0. The standard InChI is InChI=1S/C16H19N3/c17-16(8-9-16)11-12-1-5-14(6-2-12)19-15(7-10-18-19)13-3-4-13/h1-2,5-7,10,13H,3-4,8-9,11,17H2. The molecule has 1 heterocycles. The largest absolute Gasteiger partial charge is 0.325 e. The minimum absolute atomic E-state index is 0.0897. The molecule has 0 spiro atoms. The molecule has 0 saturated heterocycles. The Hall–Kier alpha value is -1.61. The van der Waals surface area contributed by atoms with Gasteiger partial charge in [-0.3, -0.25) is 0 Å². The van der Waals surface area contributed by atoms with Crippen LogP contribution in [0.1, 0.15) is 42.9 Å². The first-order valence-electron chi connectivity index (χ1n) is 7.16. The number of benzene rings is 1. The van der Waals surface area contributed by atoms with Crippen LogP contribution in [0, 0.1) is 0 Å². The molecule has 98 valence electrons. The molecule has 3 heteroatoms. The Morgan fingerprint density at radius 1 is 1.16 bits per heavy atom. The lowest BCUT2D eigenvalue weighted by molar-refractivity contribution is 0.672. The summed E-state index contributed by atoms with van der Waals surface area (Å²) in [4.78, 5) is 0. The summed E-state index contributed by atoms with van der Waals surface area (Å²) in [6, 6.07) is 10.9. The highest BCUT2D eigenvalue weighted by Gasteiger charge is 2.37. The van der Waals surface area contributed by atoms with E-state index in [-0.39, 0.29) is 5.54 Å². The van der Waals surface area contributed by atoms with Crippen LogP contribution in [-0.2, 0) is 6.42 Å². The lowest BCUT2D eigenvalue weighted by Gasteiger charge is -2.10. The lowest BCUT2D eigenvalue weighted by Crippen LogP contribution is -2.24. The predicted octanol–water partition coefficient (Wildman–Crippen LogP) is 2.78. The Morgan fingerprint density at radius 3 is 2.53 bits per heavy atom. The smallest absolute Gasteiger partial charge is 0.0649 e. The Labute approximate surface area is 113 Å². The topological polar surface area (TPSA) is 43.8 Å². The zero-order valence-corrected chi connectivity index (χ0v) is 11.0. The molecule has 4 rings (SSSR count). The summed E-state index contributed by atoms with van der Waals surface area (Å²) in [6.45, 7) is 0. The van der Waals surface area contributed by atoms with Gasteiger partial charge in [-0.2, -0.15) is 5.10 Å². The summed E-state index contributed by atoms with van der Waals surface area (Å²) in [5.74, 6) is 0.723. The van der Waals surface area contributed by atoms with Crippen molar-refractivity contribution in [1.29, 1.82) is 0 Å². The van der Waals surface area contributed by atoms with Gasteiger partial charge in [0.05, 0.1) is 5.69 Å². The third kappa shape index (κ3) is 2.19. The van der Waals surface area contributed by atoms with E-state index in [1.54, 1.807) is 0 Å². The van der Waals surface area contributed by atoms with E-state index in [1.165, 1.54) is 36.9 Å². The molecule has 0 amide bonds. The van der Waals surface area contributed by atoms with Gasteiger partial charge in [0, 0.05) is 23.3 Å². The maximum absolute atomic E-state index is 6.17. The molecule has 0 atom stereocenters. The van der Waals surface area contributed by atoms with Crippen molar-refractivity contribution in [2.75, 3.05) is 0 Å². The summed E-state index contributed by atoms with van der Waals surface area (Å²) in [5.41, 5.74) is 10.1. The van der Waals surface area contributed by atoms with Gasteiger partial charge in [-0.05, 0) is 55.9 Å². The average Bonchev–Trinajstić information content (AvgIpc) is 3.33. The summed E-state index contributed by atoms with van der Waals surface area (Å²) < 4.78 is 2.08. The molecule has 0 aliphatic heterocycles. The van der Waals surface area contributed by atoms with Crippen LogP contribution in [0.2, 0.25) is 0 Å². The second kappa shape index (κ2) is 3.94. The highest BCUT2D eigenvalue weighted by molar-refractivity contribution is 5.37. The van der Waals surface area contributed by atoms with E-state index < -0.39 is 0 Å². The normalized spacial score (nSPS) is 20.5. The summed E-state index contributed by atoms with van der Waals surface area (Å²) in [5, 5.41) is 4.46. The average molecular weight is 253 g/mol. The first kappa shape index (κ1) is 11.2.